The SMILES string of the molecule is CC[C@@H](O)c1ccc(N(CC2CC2)C(C)C)cn1. The molecule has 3 nitrogen and oxygen atoms in total. The molecule has 0 unspecified atom stereocenters. The number of rotatable bonds is 6. The highest BCUT2D eigenvalue weighted by atomic mass is 16.3. The molecule has 0 radical (unpaired) electrons. The van der Waals surface area contributed by atoms with Crippen LogP contribution < -0.4 is 4.90 Å². The molecular weight excluding hydrogens is 224 g/mol. The van der Waals surface area contributed by atoms with E-state index in [9.17, 15) is 5.11 Å². The third-order valence-electron chi connectivity index (χ3n) is 3.61. The fourth-order valence-corrected chi connectivity index (χ4v) is 2.17. The quantitative estimate of drug-likeness (QED) is 0.840. The summed E-state index contributed by atoms with van der Waals surface area (Å²) in [5, 5.41) is 9.75. The van der Waals surface area contributed by atoms with Gasteiger partial charge < -0.3 is 10.0 Å². The summed E-state index contributed by atoms with van der Waals surface area (Å²) in [5.74, 6) is 0.869. The summed E-state index contributed by atoms with van der Waals surface area (Å²) in [7, 11) is 0. The number of aliphatic hydroxyl groups is 1. The molecule has 0 saturated heterocycles. The van der Waals surface area contributed by atoms with Crippen molar-refractivity contribution in [1.29, 1.82) is 0 Å². The van der Waals surface area contributed by atoms with E-state index < -0.39 is 6.10 Å². The minimum Gasteiger partial charge on any atom is -0.387 e. The Morgan fingerprint density at radius 3 is 2.56 bits per heavy atom. The van der Waals surface area contributed by atoms with Gasteiger partial charge in [0.15, 0.2) is 0 Å². The summed E-state index contributed by atoms with van der Waals surface area (Å²) >= 11 is 0. The summed E-state index contributed by atoms with van der Waals surface area (Å²) < 4.78 is 0. The Kier molecular flexibility index (Phi) is 4.23. The molecule has 1 saturated carbocycles. The van der Waals surface area contributed by atoms with Gasteiger partial charge in [0, 0.05) is 12.6 Å². The van der Waals surface area contributed by atoms with Gasteiger partial charge >= 0.3 is 0 Å². The van der Waals surface area contributed by atoms with Crippen LogP contribution in [0.15, 0.2) is 18.3 Å². The second-order valence-corrected chi connectivity index (χ2v) is 5.55. The predicted octanol–water partition coefficient (Wildman–Crippen LogP) is 3.15. The lowest BCUT2D eigenvalue weighted by atomic mass is 10.1. The lowest BCUT2D eigenvalue weighted by molar-refractivity contribution is 0.169. The monoisotopic (exact) mass is 248 g/mol. The van der Waals surface area contributed by atoms with E-state index in [0.29, 0.717) is 12.5 Å². The van der Waals surface area contributed by atoms with Gasteiger partial charge in [0.1, 0.15) is 0 Å². The molecule has 18 heavy (non-hydrogen) atoms. The Morgan fingerprint density at radius 1 is 1.39 bits per heavy atom. The Hall–Kier alpha value is -1.09. The summed E-state index contributed by atoms with van der Waals surface area (Å²) in [6.07, 6.45) is 4.90. The average molecular weight is 248 g/mol. The molecule has 1 fully saturated rings. The Bertz CT molecular complexity index is 371. The van der Waals surface area contributed by atoms with Crippen LogP contribution in [0.3, 0.4) is 0 Å². The smallest absolute Gasteiger partial charge is 0.0957 e. The molecule has 0 aliphatic heterocycles. The maximum atomic E-state index is 9.75. The molecule has 1 heterocycles. The first-order chi connectivity index (χ1) is 8.61. The fraction of sp³-hybridized carbons (Fsp3) is 0.667. The van der Waals surface area contributed by atoms with Gasteiger partial charge in [-0.05, 0) is 51.2 Å². The number of nitrogens with zero attached hydrogens (tertiary/aromatic N) is 2. The molecule has 3 heteroatoms. The van der Waals surface area contributed by atoms with Gasteiger partial charge in [0.25, 0.3) is 0 Å². The molecule has 1 atom stereocenters. The number of pyridine rings is 1. The zero-order valence-electron chi connectivity index (χ0n) is 11.6. The molecule has 0 aromatic carbocycles. The number of aromatic nitrogens is 1. The Labute approximate surface area is 110 Å². The van der Waals surface area contributed by atoms with Crippen molar-refractivity contribution in [3.8, 4) is 0 Å². The molecule has 1 aromatic heterocycles. The van der Waals surface area contributed by atoms with E-state index in [4.69, 9.17) is 0 Å². The normalized spacial score (nSPS) is 16.9. The van der Waals surface area contributed by atoms with E-state index in [0.717, 1.165) is 18.2 Å². The van der Waals surface area contributed by atoms with Crippen molar-refractivity contribution in [3.05, 3.63) is 24.0 Å². The molecule has 1 aliphatic rings. The maximum Gasteiger partial charge on any atom is 0.0957 e. The van der Waals surface area contributed by atoms with Crippen molar-refractivity contribution in [2.45, 2.75) is 52.2 Å². The van der Waals surface area contributed by atoms with E-state index >= 15 is 0 Å². The zero-order chi connectivity index (χ0) is 13.1. The average Bonchev–Trinajstić information content (AvgIpc) is 3.19. The van der Waals surface area contributed by atoms with Crippen LogP contribution in [-0.2, 0) is 0 Å². The summed E-state index contributed by atoms with van der Waals surface area (Å²) in [6, 6.07) is 4.53. The minimum absolute atomic E-state index is 0.435. The third-order valence-corrected chi connectivity index (χ3v) is 3.61. The van der Waals surface area contributed by atoms with Crippen LogP contribution in [0, 0.1) is 5.92 Å². The Morgan fingerprint density at radius 2 is 2.11 bits per heavy atom. The van der Waals surface area contributed by atoms with Gasteiger partial charge in [-0.2, -0.15) is 0 Å². The molecule has 1 N–H and O–H groups in total. The zero-order valence-corrected chi connectivity index (χ0v) is 11.6. The van der Waals surface area contributed by atoms with Crippen LogP contribution in [0.2, 0.25) is 0 Å². The summed E-state index contributed by atoms with van der Waals surface area (Å²) in [6.45, 7) is 7.54. The first-order valence-electron chi connectivity index (χ1n) is 7.02. The van der Waals surface area contributed by atoms with Crippen molar-refractivity contribution < 1.29 is 5.11 Å². The molecule has 0 spiro atoms. The van der Waals surface area contributed by atoms with Crippen molar-refractivity contribution >= 4 is 5.69 Å². The predicted molar refractivity (Wildman–Crippen MR) is 74.7 cm³/mol. The van der Waals surface area contributed by atoms with Crippen molar-refractivity contribution in [2.75, 3.05) is 11.4 Å². The fourth-order valence-electron chi connectivity index (χ4n) is 2.17. The van der Waals surface area contributed by atoms with Gasteiger partial charge in [-0.3, -0.25) is 4.98 Å². The van der Waals surface area contributed by atoms with Crippen LogP contribution in [0.25, 0.3) is 0 Å². The van der Waals surface area contributed by atoms with Crippen LogP contribution in [0.1, 0.15) is 51.8 Å². The van der Waals surface area contributed by atoms with Crippen molar-refractivity contribution in [3.63, 3.8) is 0 Å². The molecule has 0 amide bonds. The molecule has 0 bridgehead atoms. The first-order valence-corrected chi connectivity index (χ1v) is 7.02. The first kappa shape index (κ1) is 13.3. The third kappa shape index (κ3) is 3.22. The lowest BCUT2D eigenvalue weighted by Gasteiger charge is -2.29. The molecule has 1 aromatic rings. The largest absolute Gasteiger partial charge is 0.387 e. The summed E-state index contributed by atoms with van der Waals surface area (Å²) in [5.41, 5.74) is 1.94. The van der Waals surface area contributed by atoms with Crippen molar-refractivity contribution in [1.82, 2.24) is 4.98 Å². The number of anilines is 1. The summed E-state index contributed by atoms with van der Waals surface area (Å²) in [4.78, 5) is 6.80. The van der Waals surface area contributed by atoms with E-state index in [1.165, 1.54) is 18.5 Å². The van der Waals surface area contributed by atoms with Crippen LogP contribution in [-0.4, -0.2) is 22.7 Å². The highest BCUT2D eigenvalue weighted by molar-refractivity contribution is 5.45. The van der Waals surface area contributed by atoms with E-state index in [2.05, 4.69) is 29.8 Å². The van der Waals surface area contributed by atoms with Crippen LogP contribution in [0.4, 0.5) is 5.69 Å². The maximum absolute atomic E-state index is 9.75. The van der Waals surface area contributed by atoms with Gasteiger partial charge in [-0.1, -0.05) is 6.92 Å². The minimum atomic E-state index is -0.435. The molecular formula is C15H24N2O. The number of aliphatic hydroxyl groups excluding tert-OH is 1. The molecule has 100 valence electrons. The standard InChI is InChI=1S/C15H24N2O/c1-4-15(18)14-8-7-13(9-16-14)17(11(2)3)10-12-5-6-12/h7-9,11-12,15,18H,4-6,10H2,1-3H3/t15-/m1/s1. The molecule has 1 aliphatic carbocycles. The van der Waals surface area contributed by atoms with E-state index in [1.54, 1.807) is 0 Å². The van der Waals surface area contributed by atoms with E-state index in [1.807, 2.05) is 19.2 Å². The van der Waals surface area contributed by atoms with Gasteiger partial charge in [0.2, 0.25) is 0 Å². The van der Waals surface area contributed by atoms with Crippen molar-refractivity contribution in [2.24, 2.45) is 5.92 Å². The van der Waals surface area contributed by atoms with Gasteiger partial charge in [-0.25, -0.2) is 0 Å². The van der Waals surface area contributed by atoms with E-state index in [-0.39, 0.29) is 0 Å². The second-order valence-electron chi connectivity index (χ2n) is 5.55. The number of hydrogen-bond acceptors (Lipinski definition) is 3. The Balaban J connectivity index is 2.09. The lowest BCUT2D eigenvalue weighted by Crippen LogP contribution is -2.32. The molecule has 2 rings (SSSR count). The van der Waals surface area contributed by atoms with Crippen LogP contribution >= 0.6 is 0 Å². The second kappa shape index (κ2) is 5.70. The highest BCUT2D eigenvalue weighted by Gasteiger charge is 2.25. The van der Waals surface area contributed by atoms with Gasteiger partial charge in [0.05, 0.1) is 23.7 Å². The topological polar surface area (TPSA) is 36.4 Å². The van der Waals surface area contributed by atoms with Crippen LogP contribution in [0.5, 0.6) is 0 Å². The highest BCUT2D eigenvalue weighted by Crippen LogP contribution is 2.32. The van der Waals surface area contributed by atoms with Gasteiger partial charge in [-0.15, -0.1) is 0 Å². The number of hydrogen-bond donors (Lipinski definition) is 1.